The highest BCUT2D eigenvalue weighted by Gasteiger charge is 2.38. The predicted octanol–water partition coefficient (Wildman–Crippen LogP) is -0.0211. The molecule has 2 atom stereocenters. The van der Waals surface area contributed by atoms with E-state index in [-0.39, 0.29) is 25.3 Å². The van der Waals surface area contributed by atoms with Gasteiger partial charge in [0.1, 0.15) is 6.04 Å². The number of carboxylic acids is 1. The second kappa shape index (κ2) is 5.36. The minimum absolute atomic E-state index is 0.0587. The Kier molecular flexibility index (Phi) is 3.80. The van der Waals surface area contributed by atoms with Gasteiger partial charge in [-0.1, -0.05) is 6.07 Å². The van der Waals surface area contributed by atoms with Gasteiger partial charge in [0, 0.05) is 19.2 Å². The summed E-state index contributed by atoms with van der Waals surface area (Å²) < 4.78 is 0. The van der Waals surface area contributed by atoms with Crippen LogP contribution in [0.4, 0.5) is 0 Å². The molecule has 102 valence electrons. The largest absolute Gasteiger partial charge is 0.480 e. The third-order valence-corrected chi connectivity index (χ3v) is 3.32. The van der Waals surface area contributed by atoms with E-state index in [4.69, 9.17) is 5.11 Å². The van der Waals surface area contributed by atoms with Crippen LogP contribution in [-0.2, 0) is 16.0 Å². The fraction of sp³-hybridized carbons (Fsp3) is 0.462. The lowest BCUT2D eigenvalue weighted by atomic mass is 10.1. The number of aliphatic carboxylic acids is 1. The molecule has 1 unspecified atom stereocenters. The minimum atomic E-state index is -1.08. The number of aliphatic hydroxyl groups is 1. The van der Waals surface area contributed by atoms with Crippen molar-refractivity contribution in [1.29, 1.82) is 0 Å². The summed E-state index contributed by atoms with van der Waals surface area (Å²) >= 11 is 0. The summed E-state index contributed by atoms with van der Waals surface area (Å²) in [4.78, 5) is 28.5. The van der Waals surface area contributed by atoms with Crippen molar-refractivity contribution in [3.63, 3.8) is 0 Å². The number of rotatable bonds is 3. The van der Waals surface area contributed by atoms with E-state index in [0.29, 0.717) is 5.69 Å². The lowest BCUT2D eigenvalue weighted by molar-refractivity contribution is -0.148. The first kappa shape index (κ1) is 13.5. The summed E-state index contributed by atoms with van der Waals surface area (Å²) in [7, 11) is 0. The highest BCUT2D eigenvalue weighted by atomic mass is 16.4. The van der Waals surface area contributed by atoms with E-state index in [1.54, 1.807) is 12.3 Å². The highest BCUT2D eigenvalue weighted by Crippen LogP contribution is 2.19. The maximum absolute atomic E-state index is 12.1. The van der Waals surface area contributed by atoms with Crippen molar-refractivity contribution in [1.82, 2.24) is 9.88 Å². The van der Waals surface area contributed by atoms with Gasteiger partial charge in [-0.25, -0.2) is 4.79 Å². The van der Waals surface area contributed by atoms with Crippen LogP contribution in [0.5, 0.6) is 0 Å². The molecule has 0 spiro atoms. The monoisotopic (exact) mass is 264 g/mol. The molecule has 1 amide bonds. The summed E-state index contributed by atoms with van der Waals surface area (Å²) in [5.41, 5.74) is 1.53. The molecule has 1 saturated heterocycles. The van der Waals surface area contributed by atoms with Crippen molar-refractivity contribution in [3.8, 4) is 0 Å². The summed E-state index contributed by atoms with van der Waals surface area (Å²) in [5, 5.41) is 18.6. The number of aliphatic hydroxyl groups excluding tert-OH is 1. The van der Waals surface area contributed by atoms with Crippen molar-refractivity contribution >= 4 is 11.9 Å². The maximum Gasteiger partial charge on any atom is 0.326 e. The zero-order valence-corrected chi connectivity index (χ0v) is 10.6. The average Bonchev–Trinajstić information content (AvgIpc) is 2.74. The molecule has 19 heavy (non-hydrogen) atoms. The zero-order valence-electron chi connectivity index (χ0n) is 10.6. The number of aromatic nitrogens is 1. The van der Waals surface area contributed by atoms with E-state index in [9.17, 15) is 14.7 Å². The normalized spacial score (nSPS) is 22.5. The standard InChI is InChI=1S/C13H16N2O4/c1-8-3-2-4-14-10(8)6-12(17)15-7-9(16)5-11(15)13(18)19/h2-4,9,11,16H,5-7H2,1H3,(H,18,19)/t9?,11-/m0/s1. The molecule has 1 aromatic rings. The number of carbonyl (C=O) groups is 2. The average molecular weight is 264 g/mol. The molecule has 2 heterocycles. The van der Waals surface area contributed by atoms with Crippen molar-refractivity contribution in [2.75, 3.05) is 6.54 Å². The first-order chi connectivity index (χ1) is 8.99. The Morgan fingerprint density at radius 1 is 1.53 bits per heavy atom. The predicted molar refractivity (Wildman–Crippen MR) is 66.4 cm³/mol. The summed E-state index contributed by atoms with van der Waals surface area (Å²) in [6.45, 7) is 1.92. The van der Waals surface area contributed by atoms with Gasteiger partial charge in [0.05, 0.1) is 18.2 Å². The molecular weight excluding hydrogens is 248 g/mol. The number of aryl methyl sites for hydroxylation is 1. The molecule has 1 aromatic heterocycles. The van der Waals surface area contributed by atoms with Crippen LogP contribution in [0.25, 0.3) is 0 Å². The van der Waals surface area contributed by atoms with E-state index in [2.05, 4.69) is 4.98 Å². The molecule has 6 nitrogen and oxygen atoms in total. The Bertz CT molecular complexity index is 503. The first-order valence-electron chi connectivity index (χ1n) is 6.10. The van der Waals surface area contributed by atoms with Crippen LogP contribution >= 0.6 is 0 Å². The molecule has 2 rings (SSSR count). The van der Waals surface area contributed by atoms with E-state index in [0.717, 1.165) is 5.56 Å². The molecule has 0 aliphatic carbocycles. The number of amides is 1. The van der Waals surface area contributed by atoms with Crippen LogP contribution in [0.1, 0.15) is 17.7 Å². The first-order valence-corrected chi connectivity index (χ1v) is 6.10. The van der Waals surface area contributed by atoms with Gasteiger partial charge in [-0.05, 0) is 18.6 Å². The van der Waals surface area contributed by atoms with Gasteiger partial charge < -0.3 is 15.1 Å². The van der Waals surface area contributed by atoms with Crippen molar-refractivity contribution in [2.45, 2.75) is 31.9 Å². The fourth-order valence-corrected chi connectivity index (χ4v) is 2.27. The molecule has 1 aliphatic rings. The molecule has 0 bridgehead atoms. The zero-order chi connectivity index (χ0) is 14.0. The number of hydrogen-bond donors (Lipinski definition) is 2. The maximum atomic E-state index is 12.1. The molecular formula is C13H16N2O4. The SMILES string of the molecule is Cc1cccnc1CC(=O)N1CC(O)C[C@H]1C(=O)O. The van der Waals surface area contributed by atoms with Crippen LogP contribution in [0.3, 0.4) is 0 Å². The van der Waals surface area contributed by atoms with E-state index < -0.39 is 18.1 Å². The number of carboxylic acid groups (broad SMARTS) is 1. The molecule has 6 heteroatoms. The van der Waals surface area contributed by atoms with Crippen LogP contribution < -0.4 is 0 Å². The Morgan fingerprint density at radius 2 is 2.26 bits per heavy atom. The molecule has 1 fully saturated rings. The Morgan fingerprint density at radius 3 is 2.89 bits per heavy atom. The molecule has 0 saturated carbocycles. The smallest absolute Gasteiger partial charge is 0.326 e. The second-order valence-corrected chi connectivity index (χ2v) is 4.73. The van der Waals surface area contributed by atoms with Gasteiger partial charge in [0.2, 0.25) is 5.91 Å². The van der Waals surface area contributed by atoms with Gasteiger partial charge >= 0.3 is 5.97 Å². The van der Waals surface area contributed by atoms with Crippen LogP contribution in [0, 0.1) is 6.92 Å². The summed E-state index contributed by atoms with van der Waals surface area (Å²) in [6, 6.07) is 2.69. The van der Waals surface area contributed by atoms with Gasteiger partial charge in [0.25, 0.3) is 0 Å². The number of likely N-dealkylation sites (tertiary alicyclic amines) is 1. The number of nitrogens with zero attached hydrogens (tertiary/aromatic N) is 2. The number of pyridine rings is 1. The Hall–Kier alpha value is -1.95. The second-order valence-electron chi connectivity index (χ2n) is 4.73. The van der Waals surface area contributed by atoms with Gasteiger partial charge in [-0.2, -0.15) is 0 Å². The Labute approximate surface area is 110 Å². The van der Waals surface area contributed by atoms with Crippen molar-refractivity contribution in [3.05, 3.63) is 29.6 Å². The number of hydrogen-bond acceptors (Lipinski definition) is 4. The summed E-state index contributed by atoms with van der Waals surface area (Å²) in [6.07, 6.45) is 0.976. The fourth-order valence-electron chi connectivity index (χ4n) is 2.27. The van der Waals surface area contributed by atoms with Crippen molar-refractivity contribution < 1.29 is 19.8 Å². The topological polar surface area (TPSA) is 90.7 Å². The van der Waals surface area contributed by atoms with Crippen LogP contribution in [-0.4, -0.2) is 50.7 Å². The molecule has 1 aliphatic heterocycles. The molecule has 0 aromatic carbocycles. The Balaban J connectivity index is 2.11. The molecule has 0 radical (unpaired) electrons. The number of β-amino-alcohol motifs (C(OH)–C–C–N with tert-alkyl or cyclic N) is 1. The van der Waals surface area contributed by atoms with E-state index in [1.807, 2.05) is 13.0 Å². The number of carbonyl (C=O) groups excluding carboxylic acids is 1. The van der Waals surface area contributed by atoms with E-state index in [1.165, 1.54) is 4.90 Å². The van der Waals surface area contributed by atoms with Crippen molar-refractivity contribution in [2.24, 2.45) is 0 Å². The van der Waals surface area contributed by atoms with E-state index >= 15 is 0 Å². The van der Waals surface area contributed by atoms with Gasteiger partial charge in [-0.3, -0.25) is 9.78 Å². The minimum Gasteiger partial charge on any atom is -0.480 e. The quantitative estimate of drug-likeness (QED) is 0.800. The van der Waals surface area contributed by atoms with Crippen LogP contribution in [0.2, 0.25) is 0 Å². The molecule has 2 N–H and O–H groups in total. The van der Waals surface area contributed by atoms with Crippen LogP contribution in [0.15, 0.2) is 18.3 Å². The lowest BCUT2D eigenvalue weighted by Crippen LogP contribution is -2.41. The highest BCUT2D eigenvalue weighted by molar-refractivity contribution is 5.85. The summed E-state index contributed by atoms with van der Waals surface area (Å²) in [5.74, 6) is -1.40. The third-order valence-electron chi connectivity index (χ3n) is 3.32. The van der Waals surface area contributed by atoms with Gasteiger partial charge in [-0.15, -0.1) is 0 Å². The third kappa shape index (κ3) is 2.90. The lowest BCUT2D eigenvalue weighted by Gasteiger charge is -2.21. The van der Waals surface area contributed by atoms with Gasteiger partial charge in [0.15, 0.2) is 0 Å².